The van der Waals surface area contributed by atoms with Gasteiger partial charge in [-0.1, -0.05) is 41.9 Å². The monoisotopic (exact) mass is 294 g/mol. The van der Waals surface area contributed by atoms with E-state index in [1.807, 2.05) is 36.4 Å². The molecular formula is C13H8BrClO. The highest BCUT2D eigenvalue weighted by Crippen LogP contribution is 2.30. The summed E-state index contributed by atoms with van der Waals surface area (Å²) >= 11 is 9.26. The van der Waals surface area contributed by atoms with Gasteiger partial charge in [0.2, 0.25) is 0 Å². The lowest BCUT2D eigenvalue weighted by atomic mass is 10.0. The first-order valence-electron chi connectivity index (χ1n) is 4.72. The number of aldehydes is 1. The Hall–Kier alpha value is -1.12. The molecule has 0 aliphatic heterocycles. The van der Waals surface area contributed by atoms with Gasteiger partial charge in [-0.15, -0.1) is 0 Å². The van der Waals surface area contributed by atoms with Gasteiger partial charge in [0.25, 0.3) is 0 Å². The minimum Gasteiger partial charge on any atom is -0.298 e. The van der Waals surface area contributed by atoms with Crippen molar-refractivity contribution in [3.05, 3.63) is 57.5 Å². The van der Waals surface area contributed by atoms with Crippen LogP contribution in [0.2, 0.25) is 5.02 Å². The van der Waals surface area contributed by atoms with Gasteiger partial charge in [0, 0.05) is 15.1 Å². The predicted molar refractivity (Wildman–Crippen MR) is 70.0 cm³/mol. The van der Waals surface area contributed by atoms with Gasteiger partial charge in [-0.05, 0) is 39.2 Å². The first-order chi connectivity index (χ1) is 7.72. The first kappa shape index (κ1) is 11.4. The quantitative estimate of drug-likeness (QED) is 0.741. The highest BCUT2D eigenvalue weighted by atomic mass is 79.9. The van der Waals surface area contributed by atoms with Crippen molar-refractivity contribution in [3.63, 3.8) is 0 Å². The number of carbonyl (C=O) groups excluding carboxylic acids is 1. The van der Waals surface area contributed by atoms with Crippen molar-refractivity contribution in [1.29, 1.82) is 0 Å². The van der Waals surface area contributed by atoms with E-state index in [0.29, 0.717) is 10.6 Å². The average molecular weight is 296 g/mol. The number of halogens is 2. The summed E-state index contributed by atoms with van der Waals surface area (Å²) in [6.07, 6.45) is 0.837. The summed E-state index contributed by atoms with van der Waals surface area (Å²) in [5, 5.41) is 0.700. The Morgan fingerprint density at radius 2 is 1.75 bits per heavy atom. The molecule has 2 aromatic rings. The van der Waals surface area contributed by atoms with Crippen molar-refractivity contribution < 1.29 is 4.79 Å². The highest BCUT2D eigenvalue weighted by Gasteiger charge is 2.06. The molecule has 0 saturated heterocycles. The largest absolute Gasteiger partial charge is 0.298 e. The number of rotatable bonds is 2. The van der Waals surface area contributed by atoms with E-state index in [0.717, 1.165) is 21.9 Å². The fourth-order valence-corrected chi connectivity index (χ4v) is 2.21. The molecule has 3 heteroatoms. The Kier molecular flexibility index (Phi) is 3.42. The van der Waals surface area contributed by atoms with Gasteiger partial charge in [-0.3, -0.25) is 4.79 Å². The van der Waals surface area contributed by atoms with Crippen LogP contribution in [0.4, 0.5) is 0 Å². The average Bonchev–Trinajstić information content (AvgIpc) is 2.31. The lowest BCUT2D eigenvalue weighted by Gasteiger charge is -2.06. The predicted octanol–water partition coefficient (Wildman–Crippen LogP) is 4.58. The Balaban J connectivity index is 2.56. The van der Waals surface area contributed by atoms with Crippen molar-refractivity contribution in [2.45, 2.75) is 0 Å². The summed E-state index contributed by atoms with van der Waals surface area (Å²) in [7, 11) is 0. The van der Waals surface area contributed by atoms with Crippen molar-refractivity contribution in [2.24, 2.45) is 0 Å². The van der Waals surface area contributed by atoms with Gasteiger partial charge in [-0.25, -0.2) is 0 Å². The summed E-state index contributed by atoms with van der Waals surface area (Å²) in [6.45, 7) is 0. The summed E-state index contributed by atoms with van der Waals surface area (Å²) in [5.41, 5.74) is 2.66. The third-order valence-corrected chi connectivity index (χ3v) is 3.45. The maximum Gasteiger partial charge on any atom is 0.151 e. The Labute approximate surface area is 107 Å². The van der Waals surface area contributed by atoms with E-state index >= 15 is 0 Å². The molecule has 0 spiro atoms. The van der Waals surface area contributed by atoms with Crippen LogP contribution in [0.25, 0.3) is 11.1 Å². The molecule has 0 bridgehead atoms. The summed E-state index contributed by atoms with van der Waals surface area (Å²) in [6, 6.07) is 13.1. The molecule has 2 aromatic carbocycles. The fourth-order valence-electron chi connectivity index (χ4n) is 1.49. The van der Waals surface area contributed by atoms with E-state index in [1.54, 1.807) is 6.07 Å². The van der Waals surface area contributed by atoms with Crippen LogP contribution in [0, 0.1) is 0 Å². The molecular weight excluding hydrogens is 287 g/mol. The van der Waals surface area contributed by atoms with E-state index in [1.165, 1.54) is 0 Å². The molecule has 0 heterocycles. The normalized spacial score (nSPS) is 10.1. The van der Waals surface area contributed by atoms with Crippen molar-refractivity contribution in [2.75, 3.05) is 0 Å². The second kappa shape index (κ2) is 4.81. The molecule has 16 heavy (non-hydrogen) atoms. The Morgan fingerprint density at radius 1 is 1.06 bits per heavy atom. The summed E-state index contributed by atoms with van der Waals surface area (Å²) < 4.78 is 0.812. The number of benzene rings is 2. The third kappa shape index (κ3) is 2.18. The van der Waals surface area contributed by atoms with Gasteiger partial charge in [0.1, 0.15) is 0 Å². The van der Waals surface area contributed by atoms with Crippen LogP contribution in [0.15, 0.2) is 46.9 Å². The molecule has 0 aromatic heterocycles. The highest BCUT2D eigenvalue weighted by molar-refractivity contribution is 9.10. The van der Waals surface area contributed by atoms with E-state index in [9.17, 15) is 4.79 Å². The minimum atomic E-state index is 0.646. The standard InChI is InChI=1S/C13H8BrClO/c14-13-10(8-16)2-1-3-12(13)9-4-6-11(15)7-5-9/h1-8H. The minimum absolute atomic E-state index is 0.646. The van der Waals surface area contributed by atoms with Gasteiger partial charge in [0.05, 0.1) is 0 Å². The van der Waals surface area contributed by atoms with Crippen LogP contribution < -0.4 is 0 Å². The van der Waals surface area contributed by atoms with E-state index in [4.69, 9.17) is 11.6 Å². The third-order valence-electron chi connectivity index (χ3n) is 2.31. The number of carbonyl (C=O) groups is 1. The molecule has 0 saturated carbocycles. The molecule has 1 nitrogen and oxygen atoms in total. The van der Waals surface area contributed by atoms with Crippen LogP contribution in [0.3, 0.4) is 0 Å². The SMILES string of the molecule is O=Cc1cccc(-c2ccc(Cl)cc2)c1Br. The summed E-state index contributed by atoms with van der Waals surface area (Å²) in [4.78, 5) is 10.8. The van der Waals surface area contributed by atoms with Crippen LogP contribution in [-0.4, -0.2) is 6.29 Å². The van der Waals surface area contributed by atoms with E-state index < -0.39 is 0 Å². The smallest absolute Gasteiger partial charge is 0.151 e. The van der Waals surface area contributed by atoms with Crippen molar-refractivity contribution in [1.82, 2.24) is 0 Å². The molecule has 0 atom stereocenters. The lowest BCUT2D eigenvalue weighted by molar-refractivity contribution is 0.112. The molecule has 0 amide bonds. The molecule has 0 N–H and O–H groups in total. The zero-order chi connectivity index (χ0) is 11.5. The fraction of sp³-hybridized carbons (Fsp3) is 0. The lowest BCUT2D eigenvalue weighted by Crippen LogP contribution is -1.86. The Morgan fingerprint density at radius 3 is 2.38 bits per heavy atom. The summed E-state index contributed by atoms with van der Waals surface area (Å²) in [5.74, 6) is 0. The molecule has 0 radical (unpaired) electrons. The molecule has 0 aliphatic carbocycles. The molecule has 0 aliphatic rings. The van der Waals surface area contributed by atoms with Crippen LogP contribution >= 0.6 is 27.5 Å². The molecule has 80 valence electrons. The topological polar surface area (TPSA) is 17.1 Å². The van der Waals surface area contributed by atoms with Crippen LogP contribution in [0.5, 0.6) is 0 Å². The Bertz CT molecular complexity index is 520. The molecule has 0 unspecified atom stereocenters. The van der Waals surface area contributed by atoms with Crippen LogP contribution in [0.1, 0.15) is 10.4 Å². The number of hydrogen-bond acceptors (Lipinski definition) is 1. The van der Waals surface area contributed by atoms with Crippen molar-refractivity contribution >= 4 is 33.8 Å². The van der Waals surface area contributed by atoms with E-state index in [-0.39, 0.29) is 0 Å². The molecule has 0 fully saturated rings. The number of hydrogen-bond donors (Lipinski definition) is 0. The zero-order valence-electron chi connectivity index (χ0n) is 8.28. The van der Waals surface area contributed by atoms with Crippen LogP contribution in [-0.2, 0) is 0 Å². The van der Waals surface area contributed by atoms with Gasteiger partial charge < -0.3 is 0 Å². The zero-order valence-corrected chi connectivity index (χ0v) is 10.6. The molecule has 2 rings (SSSR count). The van der Waals surface area contributed by atoms with E-state index in [2.05, 4.69) is 15.9 Å². The van der Waals surface area contributed by atoms with Crippen molar-refractivity contribution in [3.8, 4) is 11.1 Å². The van der Waals surface area contributed by atoms with Gasteiger partial charge >= 0.3 is 0 Å². The second-order valence-electron chi connectivity index (χ2n) is 3.33. The first-order valence-corrected chi connectivity index (χ1v) is 5.89. The maximum atomic E-state index is 10.8. The van der Waals surface area contributed by atoms with Gasteiger partial charge in [-0.2, -0.15) is 0 Å². The second-order valence-corrected chi connectivity index (χ2v) is 4.56. The maximum absolute atomic E-state index is 10.8. The van der Waals surface area contributed by atoms with Gasteiger partial charge in [0.15, 0.2) is 6.29 Å².